The molecule has 6 rings (SSSR count). The molecular formula is C52H47NO6. The molecular weight excluding hydrogens is 735 g/mol. The van der Waals surface area contributed by atoms with E-state index in [-0.39, 0.29) is 5.41 Å². The van der Waals surface area contributed by atoms with E-state index in [1.807, 2.05) is 36.4 Å². The largest absolute Gasteiger partial charge is 0.423 e. The van der Waals surface area contributed by atoms with Gasteiger partial charge in [0.2, 0.25) is 0 Å². The standard InChI is InChI=1S/C52H47NO6/c1-6-49(54)57-46-31-17-39(18-32-46)11-9-37-13-25-43(26-14-37)53(44-27-15-38(16-28-44)10-12-40-19-33-47(34-20-40)58-50(55)7-2)45-29-21-41(22-30-45)52(4,5)42-23-35-48(36-24-42)59-51(56)8-3/h6-8,13-36H,1-3,9-12H2,4-5H3. The van der Waals surface area contributed by atoms with Gasteiger partial charge in [0.25, 0.3) is 0 Å². The van der Waals surface area contributed by atoms with E-state index in [0.29, 0.717) is 17.2 Å². The number of anilines is 3. The summed E-state index contributed by atoms with van der Waals surface area (Å²) in [4.78, 5) is 37.0. The fourth-order valence-electron chi connectivity index (χ4n) is 6.70. The minimum Gasteiger partial charge on any atom is -0.423 e. The van der Waals surface area contributed by atoms with Crippen LogP contribution >= 0.6 is 0 Å². The maximum atomic E-state index is 11.7. The van der Waals surface area contributed by atoms with E-state index in [1.54, 1.807) is 36.4 Å². The molecule has 0 saturated heterocycles. The molecule has 0 heterocycles. The lowest BCUT2D eigenvalue weighted by atomic mass is 9.78. The van der Waals surface area contributed by atoms with E-state index in [9.17, 15) is 14.4 Å². The highest BCUT2D eigenvalue weighted by atomic mass is 16.5. The zero-order valence-corrected chi connectivity index (χ0v) is 33.4. The monoisotopic (exact) mass is 781 g/mol. The maximum absolute atomic E-state index is 11.7. The second-order valence-corrected chi connectivity index (χ2v) is 14.5. The molecule has 0 aliphatic heterocycles. The summed E-state index contributed by atoms with van der Waals surface area (Å²) in [6.45, 7) is 14.7. The van der Waals surface area contributed by atoms with Gasteiger partial charge in [0.1, 0.15) is 17.2 Å². The summed E-state index contributed by atoms with van der Waals surface area (Å²) in [7, 11) is 0. The number of aryl methyl sites for hydroxylation is 4. The Labute approximate surface area is 346 Å². The van der Waals surface area contributed by atoms with Gasteiger partial charge in [-0.2, -0.15) is 0 Å². The van der Waals surface area contributed by atoms with Crippen LogP contribution in [0.1, 0.15) is 47.2 Å². The molecule has 59 heavy (non-hydrogen) atoms. The number of carbonyl (C=O) groups excluding carboxylic acids is 3. The summed E-state index contributed by atoms with van der Waals surface area (Å²) >= 11 is 0. The Morgan fingerprint density at radius 3 is 0.949 bits per heavy atom. The molecule has 0 saturated carbocycles. The van der Waals surface area contributed by atoms with Gasteiger partial charge >= 0.3 is 17.9 Å². The average Bonchev–Trinajstić information content (AvgIpc) is 3.27. The molecule has 0 unspecified atom stereocenters. The first kappa shape index (κ1) is 41.4. The molecule has 296 valence electrons. The zero-order chi connectivity index (χ0) is 41.8. The predicted octanol–water partition coefficient (Wildman–Crippen LogP) is 11.3. The first-order chi connectivity index (χ1) is 28.5. The lowest BCUT2D eigenvalue weighted by Crippen LogP contribution is -2.19. The zero-order valence-electron chi connectivity index (χ0n) is 33.4. The van der Waals surface area contributed by atoms with Crippen LogP contribution in [0.25, 0.3) is 0 Å². The highest BCUT2D eigenvalue weighted by molar-refractivity contribution is 5.84. The van der Waals surface area contributed by atoms with Crippen LogP contribution in [0.5, 0.6) is 17.2 Å². The minimum atomic E-state index is -0.490. The van der Waals surface area contributed by atoms with E-state index >= 15 is 0 Å². The molecule has 0 bridgehead atoms. The van der Waals surface area contributed by atoms with Gasteiger partial charge in [-0.3, -0.25) is 0 Å². The third-order valence-electron chi connectivity index (χ3n) is 10.2. The van der Waals surface area contributed by atoms with Crippen molar-refractivity contribution in [1.82, 2.24) is 0 Å². The molecule has 0 atom stereocenters. The molecule has 7 heteroatoms. The smallest absolute Gasteiger partial charge is 0.335 e. The van der Waals surface area contributed by atoms with Crippen molar-refractivity contribution in [1.29, 1.82) is 0 Å². The van der Waals surface area contributed by atoms with Crippen LogP contribution in [0.3, 0.4) is 0 Å². The van der Waals surface area contributed by atoms with Crippen LogP contribution in [0.15, 0.2) is 184 Å². The number of hydrogen-bond acceptors (Lipinski definition) is 7. The topological polar surface area (TPSA) is 82.1 Å². The minimum absolute atomic E-state index is 0.319. The molecule has 6 aromatic rings. The van der Waals surface area contributed by atoms with Crippen molar-refractivity contribution in [3.63, 3.8) is 0 Å². The van der Waals surface area contributed by atoms with Crippen molar-refractivity contribution in [3.8, 4) is 17.2 Å². The van der Waals surface area contributed by atoms with E-state index in [1.165, 1.54) is 11.1 Å². The van der Waals surface area contributed by atoms with Crippen LogP contribution in [0, 0.1) is 0 Å². The van der Waals surface area contributed by atoms with Gasteiger partial charge in [0.15, 0.2) is 0 Å². The summed E-state index contributed by atoms with van der Waals surface area (Å²) in [6, 6.07) is 48.7. The molecule has 0 fully saturated rings. The Hall–Kier alpha value is -7.25. The van der Waals surface area contributed by atoms with E-state index in [2.05, 4.69) is 111 Å². The van der Waals surface area contributed by atoms with Crippen molar-refractivity contribution in [2.45, 2.75) is 44.9 Å². The van der Waals surface area contributed by atoms with Crippen molar-refractivity contribution in [2.24, 2.45) is 0 Å². The van der Waals surface area contributed by atoms with Gasteiger partial charge in [-0.15, -0.1) is 0 Å². The van der Waals surface area contributed by atoms with Crippen LogP contribution in [0.2, 0.25) is 0 Å². The maximum Gasteiger partial charge on any atom is 0.335 e. The number of ether oxygens (including phenoxy) is 3. The Balaban J connectivity index is 1.21. The fraction of sp³-hybridized carbons (Fsp3) is 0.135. The third-order valence-corrected chi connectivity index (χ3v) is 10.2. The Bertz CT molecular complexity index is 2280. The number of esters is 3. The average molecular weight is 782 g/mol. The quantitative estimate of drug-likeness (QED) is 0.0518. The molecule has 7 nitrogen and oxygen atoms in total. The first-order valence-electron chi connectivity index (χ1n) is 19.4. The van der Waals surface area contributed by atoms with E-state index in [0.717, 1.165) is 83.2 Å². The summed E-state index contributed by atoms with van der Waals surface area (Å²) in [5.41, 5.74) is 9.71. The number of benzene rings is 6. The van der Waals surface area contributed by atoms with Crippen LogP contribution < -0.4 is 19.1 Å². The lowest BCUT2D eigenvalue weighted by molar-refractivity contribution is -0.129. The van der Waals surface area contributed by atoms with Gasteiger partial charge in [-0.1, -0.05) is 106 Å². The molecule has 0 aliphatic rings. The lowest BCUT2D eigenvalue weighted by Gasteiger charge is -2.29. The second kappa shape index (κ2) is 19.3. The highest BCUT2D eigenvalue weighted by Gasteiger charge is 2.24. The molecule has 0 N–H and O–H groups in total. The SMILES string of the molecule is C=CC(=O)Oc1ccc(CCc2ccc(N(c3ccc(CCc4ccc(OC(=O)C=C)cc4)cc3)c3ccc(C(C)(C)c4ccc(OC(=O)C=C)cc4)cc3)cc2)cc1. The highest BCUT2D eigenvalue weighted by Crippen LogP contribution is 2.38. The van der Waals surface area contributed by atoms with Crippen LogP contribution in [-0.2, 0) is 45.5 Å². The van der Waals surface area contributed by atoms with E-state index < -0.39 is 17.9 Å². The fourth-order valence-corrected chi connectivity index (χ4v) is 6.70. The van der Waals surface area contributed by atoms with Crippen molar-refractivity contribution >= 4 is 35.0 Å². The summed E-state index contributed by atoms with van der Waals surface area (Å²) in [5.74, 6) is 0.0202. The number of hydrogen-bond donors (Lipinski definition) is 0. The van der Waals surface area contributed by atoms with Crippen molar-refractivity contribution < 1.29 is 28.6 Å². The van der Waals surface area contributed by atoms with Gasteiger partial charge < -0.3 is 19.1 Å². The van der Waals surface area contributed by atoms with Crippen LogP contribution in [0.4, 0.5) is 17.1 Å². The number of rotatable bonds is 17. The first-order valence-corrected chi connectivity index (χ1v) is 19.4. The van der Waals surface area contributed by atoms with Crippen molar-refractivity contribution in [3.05, 3.63) is 217 Å². The normalized spacial score (nSPS) is 10.9. The molecule has 6 aromatic carbocycles. The van der Waals surface area contributed by atoms with Crippen molar-refractivity contribution in [2.75, 3.05) is 4.90 Å². The van der Waals surface area contributed by atoms with E-state index in [4.69, 9.17) is 14.2 Å². The summed E-state index contributed by atoms with van der Waals surface area (Å²) in [5, 5.41) is 0. The number of carbonyl (C=O) groups is 3. The molecule has 0 aliphatic carbocycles. The number of nitrogens with zero attached hydrogens (tertiary/aromatic N) is 1. The van der Waals surface area contributed by atoms with Gasteiger partial charge in [0.05, 0.1) is 0 Å². The predicted molar refractivity (Wildman–Crippen MR) is 235 cm³/mol. The summed E-state index contributed by atoms with van der Waals surface area (Å²) in [6.07, 6.45) is 6.83. The molecule has 0 radical (unpaired) electrons. The van der Waals surface area contributed by atoms with Crippen LogP contribution in [-0.4, -0.2) is 17.9 Å². The third kappa shape index (κ3) is 11.0. The molecule has 0 aromatic heterocycles. The summed E-state index contributed by atoms with van der Waals surface area (Å²) < 4.78 is 15.7. The van der Waals surface area contributed by atoms with Gasteiger partial charge in [0, 0.05) is 40.7 Å². The molecule has 0 spiro atoms. The Morgan fingerprint density at radius 2 is 0.661 bits per heavy atom. The van der Waals surface area contributed by atoms with Gasteiger partial charge in [-0.25, -0.2) is 14.4 Å². The molecule has 0 amide bonds. The Kier molecular flexibility index (Phi) is 13.5. The van der Waals surface area contributed by atoms with Gasteiger partial charge in [-0.05, 0) is 132 Å². The second-order valence-electron chi connectivity index (χ2n) is 14.5. The Morgan fingerprint density at radius 1 is 0.424 bits per heavy atom.